The fraction of sp³-hybridized carbons (Fsp3) is 0.400. The highest BCUT2D eigenvalue weighted by Gasteiger charge is 2.09. The van der Waals surface area contributed by atoms with Gasteiger partial charge in [0.05, 0.1) is 5.75 Å². The predicted molar refractivity (Wildman–Crippen MR) is 61.8 cm³/mol. The van der Waals surface area contributed by atoms with Gasteiger partial charge in [0, 0.05) is 12.2 Å². The van der Waals surface area contributed by atoms with Crippen LogP contribution in [0.2, 0.25) is 0 Å². The van der Waals surface area contributed by atoms with Crippen molar-refractivity contribution in [2.24, 2.45) is 0 Å². The third-order valence-electron chi connectivity index (χ3n) is 1.88. The lowest BCUT2D eigenvalue weighted by Crippen LogP contribution is -2.25. The highest BCUT2D eigenvalue weighted by molar-refractivity contribution is 7.88. The molecule has 0 amide bonds. The third-order valence-corrected chi connectivity index (χ3v) is 3.24. The van der Waals surface area contributed by atoms with Crippen LogP contribution in [0.5, 0.6) is 0 Å². The Morgan fingerprint density at radius 2 is 2.13 bits per heavy atom. The molecule has 5 heteroatoms. The first kappa shape index (κ1) is 12.0. The highest BCUT2D eigenvalue weighted by Crippen LogP contribution is 2.09. The average Bonchev–Trinajstić information content (AvgIpc) is 2.14. The van der Waals surface area contributed by atoms with E-state index in [9.17, 15) is 8.42 Å². The maximum absolute atomic E-state index is 11.5. The quantitative estimate of drug-likeness (QED) is 0.741. The van der Waals surface area contributed by atoms with Crippen molar-refractivity contribution in [2.75, 3.05) is 12.3 Å². The van der Waals surface area contributed by atoms with Gasteiger partial charge in [-0.1, -0.05) is 19.1 Å². The van der Waals surface area contributed by atoms with Gasteiger partial charge >= 0.3 is 0 Å². The zero-order valence-electron chi connectivity index (χ0n) is 8.73. The Morgan fingerprint density at radius 1 is 1.40 bits per heavy atom. The number of sulfonamides is 1. The van der Waals surface area contributed by atoms with Crippen LogP contribution in [0, 0.1) is 0 Å². The first-order chi connectivity index (χ1) is 7.03. The monoisotopic (exact) mass is 228 g/mol. The maximum Gasteiger partial charge on any atom is 0.215 e. The third kappa shape index (κ3) is 4.31. The van der Waals surface area contributed by atoms with Gasteiger partial charge in [-0.05, 0) is 24.1 Å². The Morgan fingerprint density at radius 3 is 2.73 bits per heavy atom. The minimum Gasteiger partial charge on any atom is -0.399 e. The van der Waals surface area contributed by atoms with Gasteiger partial charge in [0.1, 0.15) is 0 Å². The smallest absolute Gasteiger partial charge is 0.215 e. The molecule has 0 heterocycles. The molecule has 0 bridgehead atoms. The fourth-order valence-electron chi connectivity index (χ4n) is 1.21. The molecule has 0 unspecified atom stereocenters. The summed E-state index contributed by atoms with van der Waals surface area (Å²) >= 11 is 0. The van der Waals surface area contributed by atoms with E-state index < -0.39 is 10.0 Å². The Labute approximate surface area is 90.5 Å². The molecule has 0 fully saturated rings. The van der Waals surface area contributed by atoms with Crippen molar-refractivity contribution in [3.05, 3.63) is 29.8 Å². The highest BCUT2D eigenvalue weighted by atomic mass is 32.2. The molecule has 1 aromatic rings. The molecule has 0 aliphatic carbocycles. The first-order valence-electron chi connectivity index (χ1n) is 4.85. The zero-order valence-corrected chi connectivity index (χ0v) is 9.55. The SMILES string of the molecule is CCCNS(=O)(=O)Cc1cccc(N)c1. The van der Waals surface area contributed by atoms with Crippen LogP contribution in [0.1, 0.15) is 18.9 Å². The van der Waals surface area contributed by atoms with Gasteiger partial charge in [0.15, 0.2) is 0 Å². The van der Waals surface area contributed by atoms with E-state index in [1.807, 2.05) is 6.92 Å². The molecule has 15 heavy (non-hydrogen) atoms. The molecule has 0 aliphatic heterocycles. The molecule has 4 nitrogen and oxygen atoms in total. The van der Waals surface area contributed by atoms with Crippen molar-refractivity contribution < 1.29 is 8.42 Å². The van der Waals surface area contributed by atoms with E-state index in [4.69, 9.17) is 5.73 Å². The van der Waals surface area contributed by atoms with E-state index in [1.165, 1.54) is 0 Å². The largest absolute Gasteiger partial charge is 0.399 e. The molecule has 0 saturated carbocycles. The predicted octanol–water partition coefficient (Wildman–Crippen LogP) is 1.10. The van der Waals surface area contributed by atoms with Crippen molar-refractivity contribution in [1.82, 2.24) is 4.72 Å². The second-order valence-corrected chi connectivity index (χ2v) is 5.21. The molecule has 1 aromatic carbocycles. The van der Waals surface area contributed by atoms with E-state index in [0.717, 1.165) is 6.42 Å². The number of nitrogen functional groups attached to an aromatic ring is 1. The lowest BCUT2D eigenvalue weighted by atomic mass is 10.2. The van der Waals surface area contributed by atoms with Crippen molar-refractivity contribution in [3.63, 3.8) is 0 Å². The molecule has 1 rings (SSSR count). The van der Waals surface area contributed by atoms with Crippen LogP contribution in [-0.2, 0) is 15.8 Å². The molecule has 84 valence electrons. The number of rotatable bonds is 5. The summed E-state index contributed by atoms with van der Waals surface area (Å²) in [6.07, 6.45) is 0.788. The van der Waals surface area contributed by atoms with Crippen LogP contribution in [0.4, 0.5) is 5.69 Å². The Hall–Kier alpha value is -1.07. The van der Waals surface area contributed by atoms with Gasteiger partial charge in [-0.3, -0.25) is 0 Å². The molecule has 0 radical (unpaired) electrons. The van der Waals surface area contributed by atoms with E-state index >= 15 is 0 Å². The summed E-state index contributed by atoms with van der Waals surface area (Å²) in [7, 11) is -3.22. The summed E-state index contributed by atoms with van der Waals surface area (Å²) in [6, 6.07) is 6.91. The topological polar surface area (TPSA) is 72.2 Å². The number of hydrogen-bond donors (Lipinski definition) is 2. The summed E-state index contributed by atoms with van der Waals surface area (Å²) in [5.74, 6) is -0.0158. The molecule has 0 aliphatic rings. The first-order valence-corrected chi connectivity index (χ1v) is 6.50. The van der Waals surface area contributed by atoms with Crippen LogP contribution >= 0.6 is 0 Å². The number of benzene rings is 1. The van der Waals surface area contributed by atoms with Gasteiger partial charge in [0.2, 0.25) is 10.0 Å². The number of nitrogens with one attached hydrogen (secondary N) is 1. The Kier molecular flexibility index (Phi) is 4.11. The van der Waals surface area contributed by atoms with Crippen LogP contribution in [0.3, 0.4) is 0 Å². The lowest BCUT2D eigenvalue weighted by molar-refractivity contribution is 0.580. The van der Waals surface area contributed by atoms with Crippen molar-refractivity contribution in [3.8, 4) is 0 Å². The summed E-state index contributed by atoms with van der Waals surface area (Å²) in [5, 5.41) is 0. The van der Waals surface area contributed by atoms with Crippen molar-refractivity contribution in [1.29, 1.82) is 0 Å². The minimum absolute atomic E-state index is 0.0158. The fourth-order valence-corrected chi connectivity index (χ4v) is 2.45. The van der Waals surface area contributed by atoms with E-state index in [0.29, 0.717) is 17.8 Å². The summed E-state index contributed by atoms with van der Waals surface area (Å²) in [5.41, 5.74) is 6.85. The molecular weight excluding hydrogens is 212 g/mol. The van der Waals surface area contributed by atoms with Gasteiger partial charge in [-0.25, -0.2) is 13.1 Å². The maximum atomic E-state index is 11.5. The van der Waals surface area contributed by atoms with E-state index in [1.54, 1.807) is 24.3 Å². The Bertz CT molecular complexity index is 415. The number of hydrogen-bond acceptors (Lipinski definition) is 3. The second kappa shape index (κ2) is 5.14. The van der Waals surface area contributed by atoms with Crippen LogP contribution < -0.4 is 10.5 Å². The summed E-state index contributed by atoms with van der Waals surface area (Å²) in [6.45, 7) is 2.40. The lowest BCUT2D eigenvalue weighted by Gasteiger charge is -2.05. The summed E-state index contributed by atoms with van der Waals surface area (Å²) < 4.78 is 25.5. The van der Waals surface area contributed by atoms with Gasteiger partial charge < -0.3 is 5.73 Å². The second-order valence-electron chi connectivity index (χ2n) is 3.40. The molecule has 0 atom stereocenters. The minimum atomic E-state index is -3.22. The number of nitrogens with two attached hydrogens (primary N) is 1. The van der Waals surface area contributed by atoms with E-state index in [2.05, 4.69) is 4.72 Å². The van der Waals surface area contributed by atoms with Crippen LogP contribution in [0.15, 0.2) is 24.3 Å². The molecule has 0 saturated heterocycles. The normalized spacial score (nSPS) is 11.5. The van der Waals surface area contributed by atoms with Gasteiger partial charge in [0.25, 0.3) is 0 Å². The average molecular weight is 228 g/mol. The van der Waals surface area contributed by atoms with E-state index in [-0.39, 0.29) is 5.75 Å². The molecule has 0 aromatic heterocycles. The molecular formula is C10H16N2O2S. The summed E-state index contributed by atoms with van der Waals surface area (Å²) in [4.78, 5) is 0. The van der Waals surface area contributed by atoms with Crippen molar-refractivity contribution in [2.45, 2.75) is 19.1 Å². The van der Waals surface area contributed by atoms with Crippen LogP contribution in [-0.4, -0.2) is 15.0 Å². The molecule has 3 N–H and O–H groups in total. The van der Waals surface area contributed by atoms with Gasteiger partial charge in [-0.15, -0.1) is 0 Å². The van der Waals surface area contributed by atoms with Crippen LogP contribution in [0.25, 0.3) is 0 Å². The van der Waals surface area contributed by atoms with Gasteiger partial charge in [-0.2, -0.15) is 0 Å². The molecule has 0 spiro atoms. The zero-order chi connectivity index (χ0) is 11.3. The Balaban J connectivity index is 2.69. The standard InChI is InChI=1S/C10H16N2O2S/c1-2-6-12-15(13,14)8-9-4-3-5-10(11)7-9/h3-5,7,12H,2,6,8,11H2,1H3. The van der Waals surface area contributed by atoms with Crippen molar-refractivity contribution >= 4 is 15.7 Å². The number of anilines is 1.